The quantitative estimate of drug-likeness (QED) is 0.310. The zero-order valence-corrected chi connectivity index (χ0v) is 20.7. The van der Waals surface area contributed by atoms with Crippen LogP contribution in [0.4, 0.5) is 5.69 Å². The maximum absolute atomic E-state index is 13.4. The molecule has 0 radical (unpaired) electrons. The van der Waals surface area contributed by atoms with Gasteiger partial charge < -0.3 is 0 Å². The fourth-order valence-electron chi connectivity index (χ4n) is 3.22. The zero-order valence-electron chi connectivity index (χ0n) is 18.2. The Kier molecular flexibility index (Phi) is 7.02. The molecule has 4 rings (SSSR count). The van der Waals surface area contributed by atoms with Crippen LogP contribution in [-0.4, -0.2) is 19.7 Å². The number of benzene rings is 4. The first kappa shape index (κ1) is 23.3. The van der Waals surface area contributed by atoms with Crippen molar-refractivity contribution in [2.24, 2.45) is 0 Å². The van der Waals surface area contributed by atoms with E-state index in [0.29, 0.717) is 10.6 Å². The highest BCUT2D eigenvalue weighted by Gasteiger charge is 2.21. The molecule has 7 heteroatoms. The van der Waals surface area contributed by atoms with Crippen molar-refractivity contribution < 1.29 is 12.6 Å². The normalized spacial score (nSPS) is 12.3. The van der Waals surface area contributed by atoms with Crippen LogP contribution in [0, 0.1) is 6.92 Å². The van der Waals surface area contributed by atoms with Crippen LogP contribution in [0.25, 0.3) is 0 Å². The van der Waals surface area contributed by atoms with Gasteiger partial charge in [0.05, 0.1) is 26.3 Å². The Bertz CT molecular complexity index is 1370. The molecule has 4 aromatic carbocycles. The van der Waals surface area contributed by atoms with E-state index in [9.17, 15) is 12.6 Å². The second kappa shape index (κ2) is 9.95. The smallest absolute Gasteiger partial charge is 0.264 e. The summed E-state index contributed by atoms with van der Waals surface area (Å²) in [5.74, 6) is 0. The number of anilines is 1. The minimum atomic E-state index is -3.68. The summed E-state index contributed by atoms with van der Waals surface area (Å²) in [6, 6.07) is 31.1. The van der Waals surface area contributed by atoms with Gasteiger partial charge in [-0.25, -0.2) is 12.6 Å². The molecule has 0 saturated carbocycles. The Hall–Kier alpha value is -2.87. The van der Waals surface area contributed by atoms with Crippen molar-refractivity contribution in [1.82, 2.24) is 0 Å². The number of rotatable bonds is 7. The summed E-state index contributed by atoms with van der Waals surface area (Å²) >= 11 is 1.57. The minimum Gasteiger partial charge on any atom is -0.269 e. The number of aryl methyl sites for hydroxylation is 1. The van der Waals surface area contributed by atoms with Gasteiger partial charge in [0.15, 0.2) is 0 Å². The zero-order chi connectivity index (χ0) is 23.4. The summed E-state index contributed by atoms with van der Waals surface area (Å²) in [5, 5.41) is 0. The van der Waals surface area contributed by atoms with Crippen LogP contribution < -0.4 is 4.31 Å². The molecule has 0 fully saturated rings. The molecule has 0 aromatic heterocycles. The van der Waals surface area contributed by atoms with Crippen LogP contribution in [0.2, 0.25) is 0 Å². The fourth-order valence-corrected chi connectivity index (χ4v) is 6.72. The van der Waals surface area contributed by atoms with Crippen LogP contribution in [-0.2, 0) is 20.8 Å². The minimum absolute atomic E-state index is 0.232. The van der Waals surface area contributed by atoms with Crippen molar-refractivity contribution in [1.29, 1.82) is 0 Å². The predicted molar refractivity (Wildman–Crippen MR) is 135 cm³/mol. The van der Waals surface area contributed by atoms with E-state index in [0.717, 1.165) is 20.2 Å². The topological polar surface area (TPSA) is 54.5 Å². The average molecular weight is 494 g/mol. The lowest BCUT2D eigenvalue weighted by molar-refractivity contribution is 0.594. The van der Waals surface area contributed by atoms with E-state index in [4.69, 9.17) is 0 Å². The lowest BCUT2D eigenvalue weighted by Gasteiger charge is -2.20. The second-order valence-corrected chi connectivity index (χ2v) is 11.9. The summed E-state index contributed by atoms with van der Waals surface area (Å²) in [4.78, 5) is 3.56. The standard InChI is InChI=1S/C26H23NO3S3/c1-20-12-18-24(19-13-20)33(29,30)27(2)21-14-16-23(17-15-21)32(28)26-11-7-6-10-25(26)31-22-8-4-3-5-9-22/h3-19H,1-2H3. The first-order valence-corrected chi connectivity index (χ1v) is 13.7. The highest BCUT2D eigenvalue weighted by Crippen LogP contribution is 2.34. The van der Waals surface area contributed by atoms with Gasteiger partial charge in [0.1, 0.15) is 0 Å². The summed E-state index contributed by atoms with van der Waals surface area (Å²) in [7, 11) is -3.56. The largest absolute Gasteiger partial charge is 0.269 e. The Morgan fingerprint density at radius 2 is 1.36 bits per heavy atom. The molecule has 0 amide bonds. The number of hydrogen-bond acceptors (Lipinski definition) is 4. The van der Waals surface area contributed by atoms with Crippen LogP contribution in [0.3, 0.4) is 0 Å². The number of sulfonamides is 1. The van der Waals surface area contributed by atoms with Crippen LogP contribution in [0.1, 0.15) is 5.56 Å². The van der Waals surface area contributed by atoms with Gasteiger partial charge in [0.25, 0.3) is 10.0 Å². The van der Waals surface area contributed by atoms with E-state index in [-0.39, 0.29) is 4.90 Å². The summed E-state index contributed by atoms with van der Waals surface area (Å²) in [6.45, 7) is 1.91. The van der Waals surface area contributed by atoms with E-state index in [1.165, 1.54) is 11.4 Å². The van der Waals surface area contributed by atoms with Gasteiger partial charge in [-0.15, -0.1) is 0 Å². The molecule has 1 unspecified atom stereocenters. The van der Waals surface area contributed by atoms with Crippen molar-refractivity contribution >= 4 is 38.3 Å². The Morgan fingerprint density at radius 3 is 2.03 bits per heavy atom. The highest BCUT2D eigenvalue weighted by atomic mass is 32.2. The Balaban J connectivity index is 1.58. The van der Waals surface area contributed by atoms with Crippen LogP contribution in [0.5, 0.6) is 0 Å². The number of hydrogen-bond donors (Lipinski definition) is 0. The van der Waals surface area contributed by atoms with Gasteiger partial charge in [-0.05, 0) is 67.6 Å². The SMILES string of the molecule is Cc1ccc(S(=O)(=O)N(C)c2ccc(S(=O)c3ccccc3Sc3ccccc3)cc2)cc1. The van der Waals surface area contributed by atoms with Crippen molar-refractivity contribution in [3.8, 4) is 0 Å². The first-order valence-electron chi connectivity index (χ1n) is 10.3. The van der Waals surface area contributed by atoms with Gasteiger partial charge in [-0.3, -0.25) is 4.31 Å². The van der Waals surface area contributed by atoms with Gasteiger partial charge in [0, 0.05) is 21.7 Å². The third-order valence-electron chi connectivity index (χ3n) is 5.11. The second-order valence-electron chi connectivity index (χ2n) is 7.41. The summed E-state index contributed by atoms with van der Waals surface area (Å²) in [6.07, 6.45) is 0. The monoisotopic (exact) mass is 493 g/mol. The summed E-state index contributed by atoms with van der Waals surface area (Å²) in [5.41, 5.74) is 1.50. The van der Waals surface area contributed by atoms with E-state index in [1.807, 2.05) is 61.5 Å². The maximum atomic E-state index is 13.4. The van der Waals surface area contributed by atoms with Gasteiger partial charge in [0.2, 0.25) is 0 Å². The molecular weight excluding hydrogens is 470 g/mol. The molecule has 1 atom stereocenters. The molecule has 0 aliphatic rings. The molecule has 0 bridgehead atoms. The molecule has 4 nitrogen and oxygen atoms in total. The maximum Gasteiger partial charge on any atom is 0.264 e. The molecule has 0 aliphatic carbocycles. The lowest BCUT2D eigenvalue weighted by atomic mass is 10.2. The van der Waals surface area contributed by atoms with Gasteiger partial charge in [-0.1, -0.05) is 59.8 Å². The van der Waals surface area contributed by atoms with E-state index >= 15 is 0 Å². The van der Waals surface area contributed by atoms with Crippen LogP contribution in [0.15, 0.2) is 128 Å². The fraction of sp³-hybridized carbons (Fsp3) is 0.0769. The number of nitrogens with zero attached hydrogens (tertiary/aromatic N) is 1. The highest BCUT2D eigenvalue weighted by molar-refractivity contribution is 8.00. The van der Waals surface area contributed by atoms with Gasteiger partial charge in [-0.2, -0.15) is 0 Å². The molecular formula is C26H23NO3S3. The van der Waals surface area contributed by atoms with Gasteiger partial charge >= 0.3 is 0 Å². The molecule has 4 aromatic rings. The van der Waals surface area contributed by atoms with Crippen LogP contribution >= 0.6 is 11.8 Å². The molecule has 0 heterocycles. The molecule has 0 spiro atoms. The molecule has 33 heavy (non-hydrogen) atoms. The van der Waals surface area contributed by atoms with Crippen molar-refractivity contribution in [2.75, 3.05) is 11.4 Å². The molecule has 0 aliphatic heterocycles. The van der Waals surface area contributed by atoms with Crippen molar-refractivity contribution in [3.63, 3.8) is 0 Å². The molecule has 0 N–H and O–H groups in total. The summed E-state index contributed by atoms with van der Waals surface area (Å²) < 4.78 is 40.5. The van der Waals surface area contributed by atoms with E-state index in [1.54, 1.807) is 60.3 Å². The Morgan fingerprint density at radius 1 is 0.758 bits per heavy atom. The predicted octanol–water partition coefficient (Wildman–Crippen LogP) is 6.14. The first-order chi connectivity index (χ1) is 15.9. The molecule has 168 valence electrons. The lowest BCUT2D eigenvalue weighted by Crippen LogP contribution is -2.26. The van der Waals surface area contributed by atoms with E-state index < -0.39 is 20.8 Å². The third kappa shape index (κ3) is 5.21. The Labute approximate surface area is 201 Å². The third-order valence-corrected chi connectivity index (χ3v) is 9.58. The van der Waals surface area contributed by atoms with Crippen molar-refractivity contribution in [3.05, 3.63) is 109 Å². The molecule has 0 saturated heterocycles. The van der Waals surface area contributed by atoms with E-state index in [2.05, 4.69) is 0 Å². The van der Waals surface area contributed by atoms with Crippen molar-refractivity contribution in [2.45, 2.75) is 31.4 Å². The average Bonchev–Trinajstić information content (AvgIpc) is 2.84.